The van der Waals surface area contributed by atoms with Gasteiger partial charge in [-0.3, -0.25) is 9.59 Å². The molecule has 0 saturated heterocycles. The van der Waals surface area contributed by atoms with Gasteiger partial charge in [0.25, 0.3) is 0 Å². The first-order valence-corrected chi connectivity index (χ1v) is 13.6. The van der Waals surface area contributed by atoms with E-state index in [4.69, 9.17) is 0 Å². The summed E-state index contributed by atoms with van der Waals surface area (Å²) in [5.41, 5.74) is 3.62. The van der Waals surface area contributed by atoms with Crippen molar-refractivity contribution in [3.05, 3.63) is 77.6 Å². The highest BCUT2D eigenvalue weighted by Gasteiger charge is 2.48. The standard InChI is InChI=1S/C29H35N5O2S/c1-21-18-22(2)31-28(30-21)37-20-26(35)34(19-23-10-6-5-7-11-23)29(16-8-9-17-29)27(36)32-24-12-14-25(15-13-24)33(3)4/h5-7,10-15,18H,8-9,16-17,19-20H2,1-4H3,(H,32,36). The molecule has 0 radical (unpaired) electrons. The maximum absolute atomic E-state index is 13.9. The Morgan fingerprint density at radius 1 is 0.946 bits per heavy atom. The van der Waals surface area contributed by atoms with Crippen LogP contribution >= 0.6 is 11.8 Å². The van der Waals surface area contributed by atoms with Crippen molar-refractivity contribution in [1.29, 1.82) is 0 Å². The van der Waals surface area contributed by atoms with Crippen LogP contribution in [-0.2, 0) is 16.1 Å². The quantitative estimate of drug-likeness (QED) is 0.309. The van der Waals surface area contributed by atoms with Gasteiger partial charge in [-0.15, -0.1) is 0 Å². The number of nitrogens with zero attached hydrogens (tertiary/aromatic N) is 4. The Bertz CT molecular complexity index is 1200. The lowest BCUT2D eigenvalue weighted by Gasteiger charge is -2.40. The van der Waals surface area contributed by atoms with Gasteiger partial charge >= 0.3 is 0 Å². The highest BCUT2D eigenvalue weighted by atomic mass is 32.2. The van der Waals surface area contributed by atoms with Gasteiger partial charge in [-0.1, -0.05) is 54.9 Å². The average Bonchev–Trinajstić information content (AvgIpc) is 3.37. The van der Waals surface area contributed by atoms with Gasteiger partial charge in [-0.25, -0.2) is 9.97 Å². The summed E-state index contributed by atoms with van der Waals surface area (Å²) >= 11 is 1.32. The molecule has 2 amide bonds. The smallest absolute Gasteiger partial charge is 0.250 e. The van der Waals surface area contributed by atoms with Crippen molar-refractivity contribution in [2.45, 2.75) is 56.8 Å². The van der Waals surface area contributed by atoms with Crippen molar-refractivity contribution >= 4 is 35.0 Å². The van der Waals surface area contributed by atoms with E-state index < -0.39 is 5.54 Å². The van der Waals surface area contributed by atoms with Crippen molar-refractivity contribution in [3.63, 3.8) is 0 Å². The van der Waals surface area contributed by atoms with E-state index in [9.17, 15) is 9.59 Å². The molecule has 1 aliphatic carbocycles. The molecule has 1 fully saturated rings. The second kappa shape index (κ2) is 11.8. The Morgan fingerprint density at radius 2 is 1.57 bits per heavy atom. The first kappa shape index (κ1) is 26.7. The van der Waals surface area contributed by atoms with Gasteiger partial charge < -0.3 is 15.1 Å². The van der Waals surface area contributed by atoms with Crippen LogP contribution in [0.5, 0.6) is 0 Å². The molecule has 3 aromatic rings. The van der Waals surface area contributed by atoms with Crippen molar-refractivity contribution < 1.29 is 9.59 Å². The Balaban J connectivity index is 1.60. The number of carbonyl (C=O) groups excluding carboxylic acids is 2. The molecule has 7 nitrogen and oxygen atoms in total. The second-order valence-electron chi connectivity index (χ2n) is 9.82. The summed E-state index contributed by atoms with van der Waals surface area (Å²) in [6.07, 6.45) is 3.08. The highest BCUT2D eigenvalue weighted by molar-refractivity contribution is 7.99. The number of carbonyl (C=O) groups is 2. The minimum atomic E-state index is -0.906. The van der Waals surface area contributed by atoms with Crippen LogP contribution in [0.2, 0.25) is 0 Å². The lowest BCUT2D eigenvalue weighted by Crippen LogP contribution is -2.57. The maximum atomic E-state index is 13.9. The summed E-state index contributed by atoms with van der Waals surface area (Å²) in [7, 11) is 3.96. The number of rotatable bonds is 9. The summed E-state index contributed by atoms with van der Waals surface area (Å²) < 4.78 is 0. The van der Waals surface area contributed by atoms with Gasteiger partial charge in [0.15, 0.2) is 5.16 Å². The number of hydrogen-bond acceptors (Lipinski definition) is 6. The molecule has 0 bridgehead atoms. The Morgan fingerprint density at radius 3 is 2.16 bits per heavy atom. The van der Waals surface area contributed by atoms with Gasteiger partial charge in [0.2, 0.25) is 11.8 Å². The van der Waals surface area contributed by atoms with E-state index >= 15 is 0 Å². The normalized spacial score (nSPS) is 14.3. The van der Waals surface area contributed by atoms with E-state index in [1.54, 1.807) is 4.90 Å². The highest BCUT2D eigenvalue weighted by Crippen LogP contribution is 2.38. The van der Waals surface area contributed by atoms with E-state index in [1.165, 1.54) is 11.8 Å². The fourth-order valence-corrected chi connectivity index (χ4v) is 5.70. The van der Waals surface area contributed by atoms with Gasteiger partial charge in [0.05, 0.1) is 5.75 Å². The van der Waals surface area contributed by atoms with Crippen LogP contribution < -0.4 is 10.2 Å². The predicted octanol–water partition coefficient (Wildman–Crippen LogP) is 5.23. The van der Waals surface area contributed by atoms with E-state index in [0.29, 0.717) is 24.5 Å². The molecule has 1 saturated carbocycles. The average molecular weight is 518 g/mol. The molecular formula is C29H35N5O2S. The van der Waals surface area contributed by atoms with Crippen LogP contribution in [-0.4, -0.2) is 52.1 Å². The number of amides is 2. The number of aromatic nitrogens is 2. The third kappa shape index (κ3) is 6.49. The van der Waals surface area contributed by atoms with Crippen LogP contribution in [0.15, 0.2) is 65.8 Å². The zero-order chi connectivity index (χ0) is 26.4. The van der Waals surface area contributed by atoms with Gasteiger partial charge in [-0.2, -0.15) is 0 Å². The molecule has 2 aromatic carbocycles. The monoisotopic (exact) mass is 517 g/mol. The summed E-state index contributed by atoms with van der Waals surface area (Å²) in [6.45, 7) is 4.22. The molecule has 1 N–H and O–H groups in total. The van der Waals surface area contributed by atoms with Crippen LogP contribution in [0.1, 0.15) is 42.6 Å². The van der Waals surface area contributed by atoms with Gasteiger partial charge in [0, 0.05) is 43.4 Å². The molecule has 0 spiro atoms. The van der Waals surface area contributed by atoms with Crippen LogP contribution in [0.25, 0.3) is 0 Å². The molecule has 0 aliphatic heterocycles. The summed E-state index contributed by atoms with van der Waals surface area (Å²) in [5, 5.41) is 3.70. The SMILES string of the molecule is Cc1cc(C)nc(SCC(=O)N(Cc2ccccc2)C2(C(=O)Nc3ccc(N(C)C)cc3)CCCC2)n1. The summed E-state index contributed by atoms with van der Waals surface area (Å²) in [4.78, 5) is 40.5. The first-order valence-electron chi connectivity index (χ1n) is 12.7. The summed E-state index contributed by atoms with van der Waals surface area (Å²) in [5.74, 6) is -0.0430. The molecular weight excluding hydrogens is 482 g/mol. The van der Waals surface area contributed by atoms with Crippen molar-refractivity contribution in [2.24, 2.45) is 0 Å². The van der Waals surface area contributed by atoms with E-state index in [-0.39, 0.29) is 17.6 Å². The molecule has 194 valence electrons. The fraction of sp³-hybridized carbons (Fsp3) is 0.379. The number of benzene rings is 2. The topological polar surface area (TPSA) is 78.4 Å². The van der Waals surface area contributed by atoms with E-state index in [2.05, 4.69) is 15.3 Å². The van der Waals surface area contributed by atoms with Gasteiger partial charge in [0.1, 0.15) is 5.54 Å². The molecule has 0 atom stereocenters. The predicted molar refractivity (Wildman–Crippen MR) is 150 cm³/mol. The molecule has 8 heteroatoms. The summed E-state index contributed by atoms with van der Waals surface area (Å²) in [6, 6.07) is 19.6. The van der Waals surface area contributed by atoms with E-state index in [1.807, 2.05) is 93.5 Å². The van der Waals surface area contributed by atoms with Crippen LogP contribution in [0.3, 0.4) is 0 Å². The molecule has 4 rings (SSSR count). The molecule has 37 heavy (non-hydrogen) atoms. The molecule has 1 aromatic heterocycles. The van der Waals surface area contributed by atoms with Crippen LogP contribution in [0, 0.1) is 13.8 Å². The number of anilines is 2. The first-order chi connectivity index (χ1) is 17.8. The van der Waals surface area contributed by atoms with Crippen molar-refractivity contribution in [2.75, 3.05) is 30.1 Å². The zero-order valence-electron chi connectivity index (χ0n) is 22.0. The molecule has 1 aliphatic rings. The third-order valence-electron chi connectivity index (χ3n) is 6.78. The minimum absolute atomic E-state index is 0.0865. The second-order valence-corrected chi connectivity index (χ2v) is 10.8. The van der Waals surface area contributed by atoms with E-state index in [0.717, 1.165) is 41.2 Å². The zero-order valence-corrected chi connectivity index (χ0v) is 22.8. The lowest BCUT2D eigenvalue weighted by atomic mass is 9.92. The van der Waals surface area contributed by atoms with Crippen molar-refractivity contribution in [1.82, 2.24) is 14.9 Å². The Labute approximate surface area is 223 Å². The number of aryl methyl sites for hydroxylation is 2. The Hall–Kier alpha value is -3.39. The number of thioether (sulfide) groups is 1. The van der Waals surface area contributed by atoms with Crippen molar-refractivity contribution in [3.8, 4) is 0 Å². The molecule has 0 unspecified atom stereocenters. The number of hydrogen-bond donors (Lipinski definition) is 1. The fourth-order valence-electron chi connectivity index (χ4n) is 4.88. The molecule has 1 heterocycles. The maximum Gasteiger partial charge on any atom is 0.250 e. The number of nitrogens with one attached hydrogen (secondary N) is 1. The lowest BCUT2D eigenvalue weighted by molar-refractivity contribution is -0.144. The third-order valence-corrected chi connectivity index (χ3v) is 7.61. The van der Waals surface area contributed by atoms with Gasteiger partial charge in [-0.05, 0) is 62.6 Å². The van der Waals surface area contributed by atoms with Crippen LogP contribution in [0.4, 0.5) is 11.4 Å². The minimum Gasteiger partial charge on any atom is -0.378 e. The Kier molecular flexibility index (Phi) is 8.48. The largest absolute Gasteiger partial charge is 0.378 e.